The molecule has 0 saturated heterocycles. The highest BCUT2D eigenvalue weighted by atomic mass is 79.9. The number of hydrogen-bond acceptors (Lipinski definition) is 5. The first-order chi connectivity index (χ1) is 11.5. The van der Waals surface area contributed by atoms with E-state index in [2.05, 4.69) is 21.1 Å². The summed E-state index contributed by atoms with van der Waals surface area (Å²) in [6, 6.07) is 6.56. The summed E-state index contributed by atoms with van der Waals surface area (Å²) in [4.78, 5) is 24.1. The van der Waals surface area contributed by atoms with E-state index in [9.17, 15) is 9.59 Å². The normalized spacial score (nSPS) is 10.7. The number of ether oxygens (including phenoxy) is 2. The van der Waals surface area contributed by atoms with Crippen LogP contribution < -0.4 is 4.68 Å². The van der Waals surface area contributed by atoms with Gasteiger partial charge in [0, 0.05) is 4.47 Å². The third kappa shape index (κ3) is 4.64. The van der Waals surface area contributed by atoms with Crippen LogP contribution in [0.4, 0.5) is 0 Å². The Balaban J connectivity index is 2.18. The molecular weight excluding hydrogens is 378 g/mol. The minimum absolute atomic E-state index is 0.175. The van der Waals surface area contributed by atoms with Gasteiger partial charge in [0.2, 0.25) is 0 Å². The summed E-state index contributed by atoms with van der Waals surface area (Å²) in [6.45, 7) is 4.22. The fraction of sp³-hybridized carbons (Fsp3) is 0.375. The average Bonchev–Trinajstić information content (AvgIpc) is 2.98. The van der Waals surface area contributed by atoms with E-state index >= 15 is 0 Å². The third-order valence-corrected chi connectivity index (χ3v) is 3.68. The van der Waals surface area contributed by atoms with Crippen molar-refractivity contribution in [1.82, 2.24) is 9.90 Å². The topological polar surface area (TPSA) is 74.3 Å². The maximum Gasteiger partial charge on any atom is 0.365 e. The summed E-state index contributed by atoms with van der Waals surface area (Å²) in [7, 11) is 0. The van der Waals surface area contributed by atoms with E-state index < -0.39 is 18.0 Å². The Morgan fingerprint density at radius 2 is 1.75 bits per heavy atom. The van der Waals surface area contributed by atoms with Crippen LogP contribution >= 0.6 is 15.9 Å². The number of nitrogens with zero attached hydrogens (tertiary/aromatic N) is 3. The molecule has 2 rings (SSSR count). The summed E-state index contributed by atoms with van der Waals surface area (Å²) < 4.78 is 13.8. The lowest BCUT2D eigenvalue weighted by Crippen LogP contribution is -2.39. The highest BCUT2D eigenvalue weighted by molar-refractivity contribution is 9.10. The third-order valence-electron chi connectivity index (χ3n) is 3.15. The molecule has 0 radical (unpaired) electrons. The molecule has 0 atom stereocenters. The second-order valence-electron chi connectivity index (χ2n) is 4.90. The van der Waals surface area contributed by atoms with Crippen molar-refractivity contribution in [3.8, 4) is 0 Å². The van der Waals surface area contributed by atoms with Crippen molar-refractivity contribution in [2.75, 3.05) is 13.2 Å². The minimum atomic E-state index is -1.24. The van der Waals surface area contributed by atoms with Crippen molar-refractivity contribution in [1.29, 1.82) is 0 Å². The Morgan fingerprint density at radius 1 is 1.17 bits per heavy atom. The van der Waals surface area contributed by atoms with Crippen LogP contribution in [0, 0.1) is 0 Å². The molecule has 7 nitrogen and oxygen atoms in total. The molecule has 0 aliphatic carbocycles. The van der Waals surface area contributed by atoms with Crippen LogP contribution in [0.3, 0.4) is 0 Å². The quantitative estimate of drug-likeness (QED) is 0.404. The van der Waals surface area contributed by atoms with Crippen molar-refractivity contribution in [2.24, 2.45) is 0 Å². The minimum Gasteiger partial charge on any atom is -0.462 e. The van der Waals surface area contributed by atoms with Gasteiger partial charge in [-0.1, -0.05) is 28.1 Å². The summed E-state index contributed by atoms with van der Waals surface area (Å²) in [5.41, 5.74) is 1.04. The van der Waals surface area contributed by atoms with E-state index in [1.54, 1.807) is 30.9 Å². The van der Waals surface area contributed by atoms with E-state index in [0.29, 0.717) is 6.54 Å². The molecule has 0 fully saturated rings. The molecule has 24 heavy (non-hydrogen) atoms. The lowest BCUT2D eigenvalue weighted by atomic mass is 10.2. The molecule has 128 valence electrons. The molecule has 0 spiro atoms. The van der Waals surface area contributed by atoms with Gasteiger partial charge >= 0.3 is 18.0 Å². The Kier molecular flexibility index (Phi) is 6.48. The van der Waals surface area contributed by atoms with E-state index in [-0.39, 0.29) is 13.2 Å². The smallest absolute Gasteiger partial charge is 0.365 e. The van der Waals surface area contributed by atoms with Crippen molar-refractivity contribution in [3.05, 3.63) is 46.7 Å². The number of hydrogen-bond donors (Lipinski definition) is 0. The fourth-order valence-electron chi connectivity index (χ4n) is 2.09. The molecule has 1 aromatic heterocycles. The Hall–Kier alpha value is -2.22. The zero-order chi connectivity index (χ0) is 17.5. The molecule has 0 saturated carbocycles. The zero-order valence-electron chi connectivity index (χ0n) is 13.5. The summed E-state index contributed by atoms with van der Waals surface area (Å²) in [5, 5.41) is 4.25. The summed E-state index contributed by atoms with van der Waals surface area (Å²) in [6.07, 6.45) is 3.24. The molecule has 1 heterocycles. The zero-order valence-corrected chi connectivity index (χ0v) is 15.1. The van der Waals surface area contributed by atoms with Gasteiger partial charge in [0.1, 0.15) is 6.54 Å². The molecule has 0 aliphatic rings. The number of carbonyl (C=O) groups is 2. The Morgan fingerprint density at radius 3 is 2.29 bits per heavy atom. The van der Waals surface area contributed by atoms with Crippen LogP contribution in [0.15, 0.2) is 41.1 Å². The number of benzene rings is 1. The molecule has 8 heteroatoms. The first-order valence-corrected chi connectivity index (χ1v) is 8.37. The average molecular weight is 397 g/mol. The van der Waals surface area contributed by atoms with Gasteiger partial charge < -0.3 is 9.47 Å². The molecule has 1 aromatic carbocycles. The Labute approximate surface area is 148 Å². The van der Waals surface area contributed by atoms with E-state index in [0.717, 1.165) is 10.0 Å². The molecule has 0 unspecified atom stereocenters. The van der Waals surface area contributed by atoms with E-state index in [1.165, 1.54) is 4.68 Å². The monoisotopic (exact) mass is 396 g/mol. The van der Waals surface area contributed by atoms with Gasteiger partial charge in [-0.2, -0.15) is 0 Å². The molecular formula is C16H19BrN3O4+. The molecule has 2 aromatic rings. The van der Waals surface area contributed by atoms with Gasteiger partial charge in [-0.15, -0.1) is 9.36 Å². The van der Waals surface area contributed by atoms with Crippen molar-refractivity contribution < 1.29 is 23.7 Å². The van der Waals surface area contributed by atoms with Crippen molar-refractivity contribution in [2.45, 2.75) is 26.4 Å². The van der Waals surface area contributed by atoms with Gasteiger partial charge in [-0.05, 0) is 31.5 Å². The van der Waals surface area contributed by atoms with E-state index in [4.69, 9.17) is 9.47 Å². The lowest BCUT2D eigenvalue weighted by molar-refractivity contribution is -0.747. The van der Waals surface area contributed by atoms with E-state index in [1.807, 2.05) is 24.3 Å². The molecule has 0 amide bonds. The van der Waals surface area contributed by atoms with Crippen molar-refractivity contribution >= 4 is 27.9 Å². The lowest BCUT2D eigenvalue weighted by Gasteiger charge is -2.09. The van der Waals surface area contributed by atoms with Crippen LogP contribution in [0.25, 0.3) is 0 Å². The van der Waals surface area contributed by atoms with Gasteiger partial charge in [-0.3, -0.25) is 0 Å². The van der Waals surface area contributed by atoms with Gasteiger partial charge in [0.05, 0.1) is 18.4 Å². The van der Waals surface area contributed by atoms with Crippen LogP contribution in [0.2, 0.25) is 0 Å². The largest absolute Gasteiger partial charge is 0.462 e. The van der Waals surface area contributed by atoms with Crippen LogP contribution in [-0.4, -0.2) is 35.0 Å². The first kappa shape index (κ1) is 18.1. The first-order valence-electron chi connectivity index (χ1n) is 7.57. The molecule has 0 bridgehead atoms. The number of carbonyl (C=O) groups excluding carboxylic acids is 2. The number of rotatable bonds is 7. The van der Waals surface area contributed by atoms with Crippen LogP contribution in [0.1, 0.15) is 25.5 Å². The Bertz CT molecular complexity index is 682. The number of aromatic nitrogens is 3. The fourth-order valence-corrected chi connectivity index (χ4v) is 2.36. The maximum atomic E-state index is 12.1. The van der Waals surface area contributed by atoms with Crippen LogP contribution in [0.5, 0.6) is 0 Å². The summed E-state index contributed by atoms with van der Waals surface area (Å²) >= 11 is 3.39. The van der Waals surface area contributed by atoms with Crippen LogP contribution in [-0.2, 0) is 25.6 Å². The highest BCUT2D eigenvalue weighted by Crippen LogP contribution is 2.11. The predicted octanol–water partition coefficient (Wildman–Crippen LogP) is 1.65. The number of halogens is 1. The van der Waals surface area contributed by atoms with Crippen molar-refractivity contribution in [3.63, 3.8) is 0 Å². The maximum absolute atomic E-state index is 12.1. The standard InChI is InChI=1S/C16H19BrN3O4/c1-3-23-15(21)14(16(22)24-4-2)20-10-9-19(18-20)11-12-5-7-13(17)8-6-12/h5-10,14H,3-4,11H2,1-2H3/q+1. The SMILES string of the molecule is CCOC(=O)C(C(=O)OCC)n1cc[n+](Cc2ccc(Br)cc2)n1. The van der Waals surface area contributed by atoms with Gasteiger partial charge in [-0.25, -0.2) is 9.59 Å². The second-order valence-corrected chi connectivity index (χ2v) is 5.81. The highest BCUT2D eigenvalue weighted by Gasteiger charge is 2.37. The summed E-state index contributed by atoms with van der Waals surface area (Å²) in [5.74, 6) is -1.37. The molecule has 0 aliphatic heterocycles. The second kappa shape index (κ2) is 8.58. The number of esters is 2. The van der Waals surface area contributed by atoms with Gasteiger partial charge in [0.25, 0.3) is 0 Å². The van der Waals surface area contributed by atoms with Gasteiger partial charge in [0.15, 0.2) is 12.4 Å². The predicted molar refractivity (Wildman–Crippen MR) is 88.0 cm³/mol. The molecule has 0 N–H and O–H groups in total.